The van der Waals surface area contributed by atoms with Gasteiger partial charge in [0.25, 0.3) is 0 Å². The van der Waals surface area contributed by atoms with Gasteiger partial charge < -0.3 is 5.32 Å². The maximum absolute atomic E-state index is 12.4. The van der Waals surface area contributed by atoms with Gasteiger partial charge in [0.05, 0.1) is 0 Å². The van der Waals surface area contributed by atoms with Gasteiger partial charge in [0.15, 0.2) is 0 Å². The molecule has 0 unspecified atom stereocenters. The summed E-state index contributed by atoms with van der Waals surface area (Å²) in [6.07, 6.45) is 0.943. The molecule has 0 radical (unpaired) electrons. The molecule has 0 saturated carbocycles. The van der Waals surface area contributed by atoms with Crippen LogP contribution in [-0.2, 0) is 6.42 Å². The zero-order valence-electron chi connectivity index (χ0n) is 12.3. The maximum atomic E-state index is 12.4. The molecule has 0 aliphatic carbocycles. The van der Waals surface area contributed by atoms with Crippen LogP contribution in [0, 0.1) is 0 Å². The van der Waals surface area contributed by atoms with Crippen molar-refractivity contribution in [3.63, 3.8) is 0 Å². The molecule has 0 saturated heterocycles. The van der Waals surface area contributed by atoms with Crippen molar-refractivity contribution in [3.05, 3.63) is 59.1 Å². The number of nitrogens with zero attached hydrogens (tertiary/aromatic N) is 1. The minimum Gasteiger partial charge on any atom is -0.308 e. The number of nitrogens with one attached hydrogen (secondary N) is 1. The van der Waals surface area contributed by atoms with Gasteiger partial charge in [-0.15, -0.1) is 0 Å². The summed E-state index contributed by atoms with van der Waals surface area (Å²) >= 11 is 5.88. The van der Waals surface area contributed by atoms with Gasteiger partial charge in [-0.05, 0) is 55.3 Å². The number of carbonyl (C=O) groups excluding carboxylic acids is 1. The number of benzene rings is 2. The Morgan fingerprint density at radius 2 is 1.86 bits per heavy atom. The fourth-order valence-electron chi connectivity index (χ4n) is 2.12. The van der Waals surface area contributed by atoms with Crippen LogP contribution in [0.25, 0.3) is 0 Å². The van der Waals surface area contributed by atoms with E-state index >= 15 is 0 Å². The molecule has 1 N–H and O–H groups in total. The van der Waals surface area contributed by atoms with Gasteiger partial charge in [-0.25, -0.2) is 4.79 Å². The van der Waals surface area contributed by atoms with E-state index in [0.717, 1.165) is 17.8 Å². The molecule has 0 aliphatic rings. The third-order valence-corrected chi connectivity index (χ3v) is 3.54. The largest absolute Gasteiger partial charge is 0.326 e. The average Bonchev–Trinajstić information content (AvgIpc) is 2.50. The third-order valence-electron chi connectivity index (χ3n) is 3.29. The van der Waals surface area contributed by atoms with Gasteiger partial charge >= 0.3 is 6.03 Å². The lowest BCUT2D eigenvalue weighted by Gasteiger charge is -2.21. The van der Waals surface area contributed by atoms with Crippen molar-refractivity contribution in [1.82, 2.24) is 0 Å². The third kappa shape index (κ3) is 3.99. The van der Waals surface area contributed by atoms with Crippen LogP contribution >= 0.6 is 11.6 Å². The van der Waals surface area contributed by atoms with E-state index in [1.807, 2.05) is 43.3 Å². The SMILES string of the molecule is CCc1cccc(NC(=O)N(CC)c2ccc(Cl)cc2)c1. The van der Waals surface area contributed by atoms with Crippen molar-refractivity contribution in [2.24, 2.45) is 0 Å². The Labute approximate surface area is 130 Å². The first-order valence-corrected chi connectivity index (χ1v) is 7.45. The lowest BCUT2D eigenvalue weighted by Crippen LogP contribution is -2.34. The minimum absolute atomic E-state index is 0.145. The topological polar surface area (TPSA) is 32.3 Å². The summed E-state index contributed by atoms with van der Waals surface area (Å²) in [6, 6.07) is 15.0. The number of aryl methyl sites for hydroxylation is 1. The van der Waals surface area contributed by atoms with Crippen molar-refractivity contribution in [3.8, 4) is 0 Å². The molecule has 110 valence electrons. The van der Waals surface area contributed by atoms with Crippen LogP contribution in [0.3, 0.4) is 0 Å². The standard InChI is InChI=1S/C17H19ClN2O/c1-3-13-6-5-7-15(12-13)19-17(21)20(4-2)16-10-8-14(18)9-11-16/h5-12H,3-4H2,1-2H3,(H,19,21). The molecular weight excluding hydrogens is 284 g/mol. The summed E-state index contributed by atoms with van der Waals surface area (Å²) in [5.74, 6) is 0. The Balaban J connectivity index is 2.14. The van der Waals surface area contributed by atoms with Crippen molar-refractivity contribution in [1.29, 1.82) is 0 Å². The average molecular weight is 303 g/mol. The maximum Gasteiger partial charge on any atom is 0.326 e. The summed E-state index contributed by atoms with van der Waals surface area (Å²) in [6.45, 7) is 4.62. The van der Waals surface area contributed by atoms with Crippen LogP contribution in [0.5, 0.6) is 0 Å². The van der Waals surface area contributed by atoms with E-state index in [1.54, 1.807) is 17.0 Å². The highest BCUT2D eigenvalue weighted by Gasteiger charge is 2.13. The number of hydrogen-bond donors (Lipinski definition) is 1. The number of anilines is 2. The minimum atomic E-state index is -0.145. The van der Waals surface area contributed by atoms with Crippen molar-refractivity contribution in [2.75, 3.05) is 16.8 Å². The number of rotatable bonds is 4. The van der Waals surface area contributed by atoms with Gasteiger partial charge in [0.1, 0.15) is 0 Å². The van der Waals surface area contributed by atoms with Gasteiger partial charge in [-0.1, -0.05) is 30.7 Å². The van der Waals surface area contributed by atoms with E-state index in [2.05, 4.69) is 12.2 Å². The van der Waals surface area contributed by atoms with Crippen LogP contribution < -0.4 is 10.2 Å². The fourth-order valence-corrected chi connectivity index (χ4v) is 2.25. The second kappa shape index (κ2) is 7.14. The summed E-state index contributed by atoms with van der Waals surface area (Å²) in [4.78, 5) is 14.1. The molecule has 3 nitrogen and oxygen atoms in total. The highest BCUT2D eigenvalue weighted by atomic mass is 35.5. The van der Waals surface area contributed by atoms with Crippen LogP contribution in [0.4, 0.5) is 16.2 Å². The summed E-state index contributed by atoms with van der Waals surface area (Å²) < 4.78 is 0. The first-order valence-electron chi connectivity index (χ1n) is 7.07. The summed E-state index contributed by atoms with van der Waals surface area (Å²) in [7, 11) is 0. The molecule has 0 heterocycles. The fraction of sp³-hybridized carbons (Fsp3) is 0.235. The Bertz CT molecular complexity index is 610. The lowest BCUT2D eigenvalue weighted by atomic mass is 10.1. The number of hydrogen-bond acceptors (Lipinski definition) is 1. The van der Waals surface area contributed by atoms with E-state index in [9.17, 15) is 4.79 Å². The molecule has 0 spiro atoms. The molecule has 21 heavy (non-hydrogen) atoms. The quantitative estimate of drug-likeness (QED) is 0.850. The lowest BCUT2D eigenvalue weighted by molar-refractivity contribution is 0.257. The Kier molecular flexibility index (Phi) is 5.23. The van der Waals surface area contributed by atoms with Crippen LogP contribution in [0.15, 0.2) is 48.5 Å². The van der Waals surface area contributed by atoms with E-state index < -0.39 is 0 Å². The highest BCUT2D eigenvalue weighted by molar-refractivity contribution is 6.30. The van der Waals surface area contributed by atoms with E-state index in [1.165, 1.54) is 5.56 Å². The molecule has 2 amide bonds. The molecular formula is C17H19ClN2O. The smallest absolute Gasteiger partial charge is 0.308 e. The Morgan fingerprint density at radius 1 is 1.14 bits per heavy atom. The van der Waals surface area contributed by atoms with E-state index in [0.29, 0.717) is 11.6 Å². The van der Waals surface area contributed by atoms with Crippen LogP contribution in [0.1, 0.15) is 19.4 Å². The van der Waals surface area contributed by atoms with Crippen LogP contribution in [0.2, 0.25) is 5.02 Å². The van der Waals surface area contributed by atoms with Gasteiger partial charge in [0, 0.05) is 22.9 Å². The normalized spacial score (nSPS) is 10.2. The second-order valence-corrected chi connectivity index (χ2v) is 5.14. The number of halogens is 1. The van der Waals surface area contributed by atoms with Gasteiger partial charge in [-0.3, -0.25) is 4.90 Å². The summed E-state index contributed by atoms with van der Waals surface area (Å²) in [5, 5.41) is 3.59. The predicted molar refractivity (Wildman–Crippen MR) is 89.3 cm³/mol. The Morgan fingerprint density at radius 3 is 2.48 bits per heavy atom. The molecule has 2 rings (SSSR count). The first kappa shape index (κ1) is 15.4. The molecule has 0 aromatic heterocycles. The van der Waals surface area contributed by atoms with Gasteiger partial charge in [-0.2, -0.15) is 0 Å². The first-order chi connectivity index (χ1) is 10.1. The number of urea groups is 1. The molecule has 0 bridgehead atoms. The molecule has 2 aromatic carbocycles. The molecule has 0 fully saturated rings. The molecule has 2 aromatic rings. The van der Waals surface area contributed by atoms with E-state index in [-0.39, 0.29) is 6.03 Å². The monoisotopic (exact) mass is 302 g/mol. The van der Waals surface area contributed by atoms with Crippen molar-refractivity contribution >= 4 is 29.0 Å². The molecule has 0 aliphatic heterocycles. The zero-order valence-corrected chi connectivity index (χ0v) is 13.0. The number of amides is 2. The zero-order chi connectivity index (χ0) is 15.2. The molecule has 0 atom stereocenters. The number of carbonyl (C=O) groups is 1. The van der Waals surface area contributed by atoms with Gasteiger partial charge in [0.2, 0.25) is 0 Å². The second-order valence-electron chi connectivity index (χ2n) is 4.70. The van der Waals surface area contributed by atoms with Crippen molar-refractivity contribution < 1.29 is 4.79 Å². The van der Waals surface area contributed by atoms with Crippen molar-refractivity contribution in [2.45, 2.75) is 20.3 Å². The van der Waals surface area contributed by atoms with Crippen LogP contribution in [-0.4, -0.2) is 12.6 Å². The molecule has 4 heteroatoms. The Hall–Kier alpha value is -2.00. The summed E-state index contributed by atoms with van der Waals surface area (Å²) in [5.41, 5.74) is 2.83. The predicted octanol–water partition coefficient (Wildman–Crippen LogP) is 4.96. The highest BCUT2D eigenvalue weighted by Crippen LogP contribution is 2.19. The van der Waals surface area contributed by atoms with E-state index in [4.69, 9.17) is 11.6 Å².